The third-order valence-electron chi connectivity index (χ3n) is 2.30. The van der Waals surface area contributed by atoms with Crippen LogP contribution in [0.2, 0.25) is 0 Å². The number of carbonyl (C=O) groups excluding carboxylic acids is 1. The van der Waals surface area contributed by atoms with Gasteiger partial charge in [0.2, 0.25) is 0 Å². The Morgan fingerprint density at radius 2 is 2.12 bits per heavy atom. The average molecular weight is 283 g/mol. The summed E-state index contributed by atoms with van der Waals surface area (Å²) in [6.07, 6.45) is 1.40. The smallest absolute Gasteiger partial charge is 0.197 e. The standard InChI is InChI=1S/C12H8BrFO2/c1-7-2-3-8(6-10(7)14)11(15)9-4-5-16-12(9)13/h2-6H,1H3. The summed E-state index contributed by atoms with van der Waals surface area (Å²) >= 11 is 3.12. The molecule has 0 spiro atoms. The Hall–Kier alpha value is -1.42. The molecule has 4 heteroatoms. The number of halogens is 2. The molecule has 0 amide bonds. The predicted octanol–water partition coefficient (Wildman–Crippen LogP) is 3.72. The molecule has 1 heterocycles. The first-order chi connectivity index (χ1) is 7.59. The number of furan rings is 1. The zero-order valence-corrected chi connectivity index (χ0v) is 10.0. The van der Waals surface area contributed by atoms with Gasteiger partial charge in [-0.25, -0.2) is 4.39 Å². The number of carbonyl (C=O) groups is 1. The molecule has 0 saturated heterocycles. The van der Waals surface area contributed by atoms with E-state index in [0.717, 1.165) is 0 Å². The van der Waals surface area contributed by atoms with Gasteiger partial charge in [-0.3, -0.25) is 4.79 Å². The van der Waals surface area contributed by atoms with Crippen LogP contribution in [-0.4, -0.2) is 5.78 Å². The Morgan fingerprint density at radius 1 is 1.38 bits per heavy atom. The summed E-state index contributed by atoms with van der Waals surface area (Å²) in [6, 6.07) is 5.96. The minimum atomic E-state index is -0.384. The van der Waals surface area contributed by atoms with Gasteiger partial charge >= 0.3 is 0 Å². The van der Waals surface area contributed by atoms with Gasteiger partial charge in [0, 0.05) is 5.56 Å². The van der Waals surface area contributed by atoms with Crippen molar-refractivity contribution in [3.05, 3.63) is 57.7 Å². The van der Waals surface area contributed by atoms with Crippen molar-refractivity contribution in [2.45, 2.75) is 6.92 Å². The maximum atomic E-state index is 13.3. The number of ketones is 1. The fourth-order valence-corrected chi connectivity index (χ4v) is 1.77. The molecule has 0 radical (unpaired) electrons. The number of hydrogen-bond acceptors (Lipinski definition) is 2. The molecule has 0 bridgehead atoms. The lowest BCUT2D eigenvalue weighted by molar-refractivity contribution is 0.103. The first-order valence-corrected chi connectivity index (χ1v) is 5.42. The summed E-state index contributed by atoms with van der Waals surface area (Å²) in [5.74, 6) is -0.648. The Kier molecular flexibility index (Phi) is 2.92. The monoisotopic (exact) mass is 282 g/mol. The van der Waals surface area contributed by atoms with Crippen molar-refractivity contribution in [1.29, 1.82) is 0 Å². The van der Waals surface area contributed by atoms with Crippen molar-refractivity contribution in [3.8, 4) is 0 Å². The molecule has 0 aliphatic carbocycles. The van der Waals surface area contributed by atoms with Crippen molar-refractivity contribution >= 4 is 21.7 Å². The Labute approximate surface area is 100 Å². The van der Waals surface area contributed by atoms with Crippen LogP contribution in [-0.2, 0) is 0 Å². The molecule has 82 valence electrons. The second-order valence-corrected chi connectivity index (χ2v) is 4.12. The van der Waals surface area contributed by atoms with Crippen molar-refractivity contribution < 1.29 is 13.6 Å². The zero-order chi connectivity index (χ0) is 11.7. The van der Waals surface area contributed by atoms with Gasteiger partial charge in [-0.2, -0.15) is 0 Å². The average Bonchev–Trinajstić information content (AvgIpc) is 2.67. The van der Waals surface area contributed by atoms with Crippen LogP contribution in [0.5, 0.6) is 0 Å². The van der Waals surface area contributed by atoms with Crippen LogP contribution in [0, 0.1) is 12.7 Å². The second-order valence-electron chi connectivity index (χ2n) is 3.40. The van der Waals surface area contributed by atoms with E-state index < -0.39 is 0 Å². The molecule has 1 aromatic heterocycles. The van der Waals surface area contributed by atoms with E-state index in [-0.39, 0.29) is 11.6 Å². The Bertz CT molecular complexity index is 546. The lowest BCUT2D eigenvalue weighted by Gasteiger charge is -2.01. The van der Waals surface area contributed by atoms with E-state index in [2.05, 4.69) is 15.9 Å². The molecule has 2 nitrogen and oxygen atoms in total. The molecule has 0 saturated carbocycles. The van der Waals surface area contributed by atoms with Gasteiger partial charge < -0.3 is 4.42 Å². The SMILES string of the molecule is Cc1ccc(C(=O)c2ccoc2Br)cc1F. The molecule has 0 fully saturated rings. The van der Waals surface area contributed by atoms with Crippen LogP contribution >= 0.6 is 15.9 Å². The molecule has 0 aliphatic rings. The fraction of sp³-hybridized carbons (Fsp3) is 0.0833. The highest BCUT2D eigenvalue weighted by Gasteiger charge is 2.15. The molecule has 0 unspecified atom stereocenters. The molecule has 0 aliphatic heterocycles. The van der Waals surface area contributed by atoms with E-state index in [4.69, 9.17) is 4.42 Å². The third-order valence-corrected chi connectivity index (χ3v) is 2.91. The van der Waals surface area contributed by atoms with Crippen LogP contribution in [0.15, 0.2) is 39.6 Å². The molecule has 1 aromatic carbocycles. The van der Waals surface area contributed by atoms with Crippen molar-refractivity contribution in [2.75, 3.05) is 0 Å². The maximum absolute atomic E-state index is 13.3. The first-order valence-electron chi connectivity index (χ1n) is 4.63. The van der Waals surface area contributed by atoms with E-state index in [0.29, 0.717) is 21.4 Å². The normalized spacial score (nSPS) is 10.4. The van der Waals surface area contributed by atoms with Crippen LogP contribution in [0.4, 0.5) is 4.39 Å². The highest BCUT2D eigenvalue weighted by Crippen LogP contribution is 2.21. The highest BCUT2D eigenvalue weighted by atomic mass is 79.9. The first kappa shape index (κ1) is 11.1. The maximum Gasteiger partial charge on any atom is 0.197 e. The Balaban J connectivity index is 2.42. The predicted molar refractivity (Wildman–Crippen MR) is 61.0 cm³/mol. The number of benzene rings is 1. The minimum absolute atomic E-state index is 0.264. The lowest BCUT2D eigenvalue weighted by atomic mass is 10.0. The van der Waals surface area contributed by atoms with E-state index in [1.54, 1.807) is 25.1 Å². The van der Waals surface area contributed by atoms with Crippen LogP contribution < -0.4 is 0 Å². The van der Waals surface area contributed by atoms with Crippen LogP contribution in [0.1, 0.15) is 21.5 Å². The van der Waals surface area contributed by atoms with E-state index >= 15 is 0 Å². The summed E-state index contributed by atoms with van der Waals surface area (Å²) in [5.41, 5.74) is 1.22. The topological polar surface area (TPSA) is 30.2 Å². The summed E-state index contributed by atoms with van der Waals surface area (Å²) in [5, 5.41) is 0. The van der Waals surface area contributed by atoms with Crippen molar-refractivity contribution in [1.82, 2.24) is 0 Å². The lowest BCUT2D eigenvalue weighted by Crippen LogP contribution is -2.01. The molecule has 0 atom stereocenters. The molecule has 16 heavy (non-hydrogen) atoms. The number of rotatable bonds is 2. The van der Waals surface area contributed by atoms with Crippen LogP contribution in [0.25, 0.3) is 0 Å². The third kappa shape index (κ3) is 1.93. The van der Waals surface area contributed by atoms with E-state index in [9.17, 15) is 9.18 Å². The minimum Gasteiger partial charge on any atom is -0.457 e. The zero-order valence-electron chi connectivity index (χ0n) is 8.46. The molecule has 2 aromatic rings. The highest BCUT2D eigenvalue weighted by molar-refractivity contribution is 9.10. The fourth-order valence-electron chi connectivity index (χ4n) is 1.35. The van der Waals surface area contributed by atoms with Crippen molar-refractivity contribution in [3.63, 3.8) is 0 Å². The quantitative estimate of drug-likeness (QED) is 0.786. The van der Waals surface area contributed by atoms with E-state index in [1.807, 2.05) is 0 Å². The summed E-state index contributed by atoms with van der Waals surface area (Å²) in [7, 11) is 0. The summed E-state index contributed by atoms with van der Waals surface area (Å²) in [4.78, 5) is 11.9. The number of aryl methyl sites for hydroxylation is 1. The van der Waals surface area contributed by atoms with Crippen LogP contribution in [0.3, 0.4) is 0 Å². The van der Waals surface area contributed by atoms with Gasteiger partial charge in [-0.15, -0.1) is 0 Å². The second kappa shape index (κ2) is 4.22. The van der Waals surface area contributed by atoms with Gasteiger partial charge in [0.15, 0.2) is 10.5 Å². The van der Waals surface area contributed by atoms with Gasteiger partial charge in [0.25, 0.3) is 0 Å². The Morgan fingerprint density at radius 3 is 2.69 bits per heavy atom. The van der Waals surface area contributed by atoms with Crippen molar-refractivity contribution in [2.24, 2.45) is 0 Å². The molecular formula is C12H8BrFO2. The van der Waals surface area contributed by atoms with Gasteiger partial charge in [-0.05, 0) is 40.5 Å². The molecule has 2 rings (SSSR count). The molecule has 0 N–H and O–H groups in total. The summed E-state index contributed by atoms with van der Waals surface area (Å²) in [6.45, 7) is 1.65. The molecular weight excluding hydrogens is 275 g/mol. The summed E-state index contributed by atoms with van der Waals surface area (Å²) < 4.78 is 18.6. The van der Waals surface area contributed by atoms with Gasteiger partial charge in [0.05, 0.1) is 11.8 Å². The van der Waals surface area contributed by atoms with Gasteiger partial charge in [-0.1, -0.05) is 12.1 Å². The van der Waals surface area contributed by atoms with E-state index in [1.165, 1.54) is 12.3 Å². The number of hydrogen-bond donors (Lipinski definition) is 0. The van der Waals surface area contributed by atoms with Gasteiger partial charge in [0.1, 0.15) is 5.82 Å². The largest absolute Gasteiger partial charge is 0.457 e.